The number of aromatic hydroxyl groups is 1. The molecular formula is C25H18F4N4O2. The molecule has 0 bridgehead atoms. The van der Waals surface area contributed by atoms with E-state index in [0.717, 1.165) is 22.9 Å². The monoisotopic (exact) mass is 482 g/mol. The number of hydrogen-bond acceptors (Lipinski definition) is 4. The summed E-state index contributed by atoms with van der Waals surface area (Å²) in [4.78, 5) is 12.3. The number of carbonyl (C=O) groups excluding carboxylic acids is 1. The number of nitrogens with zero attached hydrogens (tertiary/aromatic N) is 3. The van der Waals surface area contributed by atoms with Crippen molar-refractivity contribution in [3.8, 4) is 11.8 Å². The average molecular weight is 482 g/mol. The molecule has 3 aromatic rings. The zero-order valence-electron chi connectivity index (χ0n) is 18.1. The maximum atomic E-state index is 13.4. The van der Waals surface area contributed by atoms with E-state index in [4.69, 9.17) is 5.26 Å². The van der Waals surface area contributed by atoms with E-state index >= 15 is 0 Å². The van der Waals surface area contributed by atoms with Crippen molar-refractivity contribution in [3.63, 3.8) is 0 Å². The molecule has 0 saturated carbocycles. The number of carbonyl (C=O) groups is 1. The van der Waals surface area contributed by atoms with Crippen molar-refractivity contribution >= 4 is 23.8 Å². The van der Waals surface area contributed by atoms with Crippen LogP contribution >= 0.6 is 0 Å². The van der Waals surface area contributed by atoms with Gasteiger partial charge in [-0.05, 0) is 60.4 Å². The Morgan fingerprint density at radius 2 is 2.03 bits per heavy atom. The van der Waals surface area contributed by atoms with Gasteiger partial charge in [-0.2, -0.15) is 23.5 Å². The Morgan fingerprint density at radius 1 is 1.23 bits per heavy atom. The van der Waals surface area contributed by atoms with Crippen LogP contribution in [-0.2, 0) is 12.7 Å². The Labute approximate surface area is 196 Å². The third kappa shape index (κ3) is 5.09. The summed E-state index contributed by atoms with van der Waals surface area (Å²) in [5.74, 6) is -1.76. The lowest BCUT2D eigenvalue weighted by Crippen LogP contribution is -2.34. The molecule has 6 nitrogen and oxygen atoms in total. The number of hydrazone groups is 1. The number of phenols is 1. The van der Waals surface area contributed by atoms with Crippen LogP contribution < -0.4 is 16.0 Å². The van der Waals surface area contributed by atoms with Gasteiger partial charge in [0.2, 0.25) is 0 Å². The highest BCUT2D eigenvalue weighted by atomic mass is 19.4. The first-order valence-corrected chi connectivity index (χ1v) is 10.5. The Hall–Kier alpha value is -4.39. The van der Waals surface area contributed by atoms with Crippen LogP contribution in [0, 0.1) is 17.1 Å². The van der Waals surface area contributed by atoms with E-state index in [9.17, 15) is 27.5 Å². The van der Waals surface area contributed by atoms with Gasteiger partial charge >= 0.3 is 6.18 Å². The molecule has 0 fully saturated rings. The van der Waals surface area contributed by atoms with Crippen molar-refractivity contribution in [1.82, 2.24) is 9.99 Å². The molecule has 1 aliphatic rings. The number of alkyl halides is 3. The molecule has 10 heteroatoms. The molecule has 0 atom stereocenters. The van der Waals surface area contributed by atoms with Gasteiger partial charge in [-0.25, -0.2) is 9.82 Å². The summed E-state index contributed by atoms with van der Waals surface area (Å²) in [7, 11) is 0. The fourth-order valence-corrected chi connectivity index (χ4v) is 3.89. The summed E-state index contributed by atoms with van der Waals surface area (Å²) in [6, 6.07) is 10.0. The molecule has 0 spiro atoms. The van der Waals surface area contributed by atoms with Crippen LogP contribution in [0.2, 0.25) is 0 Å². The fourth-order valence-electron chi connectivity index (χ4n) is 3.89. The van der Waals surface area contributed by atoms with E-state index in [2.05, 4.69) is 10.5 Å². The number of hydrogen-bond donors (Lipinski definition) is 2. The van der Waals surface area contributed by atoms with Crippen molar-refractivity contribution in [2.45, 2.75) is 25.6 Å². The molecule has 2 aromatic carbocycles. The van der Waals surface area contributed by atoms with E-state index in [-0.39, 0.29) is 29.0 Å². The second kappa shape index (κ2) is 9.46. The minimum absolute atomic E-state index is 0.0420. The van der Waals surface area contributed by atoms with Gasteiger partial charge in [0.15, 0.2) is 0 Å². The lowest BCUT2D eigenvalue weighted by molar-refractivity contribution is -0.138. The van der Waals surface area contributed by atoms with Gasteiger partial charge in [0.25, 0.3) is 5.91 Å². The highest BCUT2D eigenvalue weighted by molar-refractivity contribution is 6.03. The Morgan fingerprint density at radius 3 is 2.77 bits per heavy atom. The largest absolute Gasteiger partial charge is 0.507 e. The van der Waals surface area contributed by atoms with Crippen molar-refractivity contribution in [1.29, 1.82) is 5.26 Å². The van der Waals surface area contributed by atoms with E-state index < -0.39 is 23.5 Å². The zero-order valence-corrected chi connectivity index (χ0v) is 18.1. The third-order valence-electron chi connectivity index (χ3n) is 5.59. The second-order valence-electron chi connectivity index (χ2n) is 7.85. The van der Waals surface area contributed by atoms with Crippen LogP contribution in [0.15, 0.2) is 53.8 Å². The van der Waals surface area contributed by atoms with E-state index in [1.165, 1.54) is 24.4 Å². The number of amides is 1. The van der Waals surface area contributed by atoms with Crippen LogP contribution in [0.5, 0.6) is 5.75 Å². The molecule has 1 heterocycles. The van der Waals surface area contributed by atoms with Crippen molar-refractivity contribution < 1.29 is 27.5 Å². The first-order chi connectivity index (χ1) is 16.7. The number of nitrogens with one attached hydrogen (secondary N) is 1. The number of rotatable bonds is 5. The molecule has 1 aromatic heterocycles. The van der Waals surface area contributed by atoms with Gasteiger partial charge in [0.1, 0.15) is 17.6 Å². The summed E-state index contributed by atoms with van der Waals surface area (Å²) in [6.45, 7) is -0.0931. The number of fused-ring (bicyclic) bond motifs is 1. The quantitative estimate of drug-likeness (QED) is 0.332. The highest BCUT2D eigenvalue weighted by Gasteiger charge is 2.33. The molecule has 0 unspecified atom stereocenters. The Bertz CT molecular complexity index is 1500. The smallest absolute Gasteiger partial charge is 0.416 e. The number of aromatic nitrogens is 1. The maximum Gasteiger partial charge on any atom is 0.416 e. The van der Waals surface area contributed by atoms with Crippen LogP contribution in [0.3, 0.4) is 0 Å². The molecule has 0 aliphatic heterocycles. The topological polar surface area (TPSA) is 90.4 Å². The van der Waals surface area contributed by atoms with Gasteiger partial charge in [-0.15, -0.1) is 0 Å². The molecule has 1 amide bonds. The van der Waals surface area contributed by atoms with E-state index in [0.29, 0.717) is 24.3 Å². The summed E-state index contributed by atoms with van der Waals surface area (Å²) < 4.78 is 55.2. The Kier molecular flexibility index (Phi) is 6.42. The number of benzene rings is 2. The molecule has 0 radical (unpaired) electrons. The number of halogens is 4. The zero-order chi connectivity index (χ0) is 25.2. The van der Waals surface area contributed by atoms with Crippen molar-refractivity contribution in [3.05, 3.63) is 87.3 Å². The number of nitriles is 1. The molecule has 1 aliphatic carbocycles. The molecule has 0 saturated heterocycles. The summed E-state index contributed by atoms with van der Waals surface area (Å²) in [5, 5.41) is 24.0. The average Bonchev–Trinajstić information content (AvgIpc) is 3.23. The van der Waals surface area contributed by atoms with E-state index in [1.54, 1.807) is 22.9 Å². The van der Waals surface area contributed by atoms with Gasteiger partial charge in [-0.1, -0.05) is 12.1 Å². The fraction of sp³-hybridized carbons (Fsp3) is 0.160. The first kappa shape index (κ1) is 23.8. The highest BCUT2D eigenvalue weighted by Crippen LogP contribution is 2.32. The predicted octanol–water partition coefficient (Wildman–Crippen LogP) is 3.41. The second-order valence-corrected chi connectivity index (χ2v) is 7.85. The molecule has 35 heavy (non-hydrogen) atoms. The van der Waals surface area contributed by atoms with Crippen LogP contribution in [-0.4, -0.2) is 21.8 Å². The number of phenolic OH excluding ortho intramolecular Hbond substituents is 1. The third-order valence-corrected chi connectivity index (χ3v) is 5.59. The SMILES string of the molecule is N#Cc1cc(C(=O)N/N=C/C2=c3ccn(Cc4ccc(F)cc4C(F)(F)F)c3=CCC2)ccc1O. The van der Waals surface area contributed by atoms with Crippen LogP contribution in [0.4, 0.5) is 17.6 Å². The summed E-state index contributed by atoms with van der Waals surface area (Å²) >= 11 is 0. The lowest BCUT2D eigenvalue weighted by Gasteiger charge is -2.14. The van der Waals surface area contributed by atoms with Gasteiger partial charge in [-0.3, -0.25) is 4.79 Å². The predicted molar refractivity (Wildman–Crippen MR) is 120 cm³/mol. The van der Waals surface area contributed by atoms with Gasteiger partial charge in [0.05, 0.1) is 17.3 Å². The molecule has 4 rings (SSSR count). The van der Waals surface area contributed by atoms with Crippen LogP contribution in [0.25, 0.3) is 11.6 Å². The first-order valence-electron chi connectivity index (χ1n) is 10.5. The minimum Gasteiger partial charge on any atom is -0.507 e. The van der Waals surface area contributed by atoms with Crippen molar-refractivity contribution in [2.24, 2.45) is 5.10 Å². The molecule has 178 valence electrons. The maximum absolute atomic E-state index is 13.4. The summed E-state index contributed by atoms with van der Waals surface area (Å²) in [5.41, 5.74) is 2.18. The summed E-state index contributed by atoms with van der Waals surface area (Å²) in [6.07, 6.45) is 1.58. The lowest BCUT2D eigenvalue weighted by atomic mass is 10.0. The van der Waals surface area contributed by atoms with Gasteiger partial charge in [0, 0.05) is 28.9 Å². The normalized spacial score (nSPS) is 13.3. The minimum atomic E-state index is -4.68. The Balaban J connectivity index is 1.58. The van der Waals surface area contributed by atoms with Crippen molar-refractivity contribution in [2.75, 3.05) is 0 Å². The standard InChI is InChI=1S/C25H18F4N4O2/c26-19-6-4-17(21(11-19)25(27,28)29)14-33-9-8-20-16(2-1-3-22(20)33)13-31-32-24(35)15-5-7-23(34)18(10-15)12-30/h3-11,13,34H,1-2,14H2,(H,32,35)/b31-13+. The van der Waals surface area contributed by atoms with Gasteiger partial charge < -0.3 is 9.67 Å². The molecular weight excluding hydrogens is 464 g/mol. The molecule has 2 N–H and O–H groups in total. The van der Waals surface area contributed by atoms with Crippen LogP contribution in [0.1, 0.15) is 39.9 Å². The van der Waals surface area contributed by atoms with E-state index in [1.807, 2.05) is 6.08 Å².